The first-order valence-corrected chi connectivity index (χ1v) is 6.28. The minimum absolute atomic E-state index is 0.0180. The average Bonchev–Trinajstić information content (AvgIpc) is 2.33. The smallest absolute Gasteiger partial charge is 0.254 e. The van der Waals surface area contributed by atoms with Gasteiger partial charge in [-0.2, -0.15) is 0 Å². The van der Waals surface area contributed by atoms with Gasteiger partial charge in [0.25, 0.3) is 5.56 Å². The maximum Gasteiger partial charge on any atom is 0.254 e. The summed E-state index contributed by atoms with van der Waals surface area (Å²) in [6.45, 7) is 3.84. The first kappa shape index (κ1) is 13.6. The van der Waals surface area contributed by atoms with E-state index in [1.807, 2.05) is 38.1 Å². The van der Waals surface area contributed by atoms with Gasteiger partial charge in [-0.15, -0.1) is 0 Å². The quantitative estimate of drug-likeness (QED) is 0.916. The molecule has 102 valence electrons. The molecule has 0 unspecified atom stereocenters. The number of hydrogen-bond acceptors (Lipinski definition) is 3. The molecule has 4 heteroatoms. The Morgan fingerprint density at radius 3 is 2.63 bits per heavy atom. The number of aromatic nitrogens is 1. The average molecular weight is 260 g/mol. The van der Waals surface area contributed by atoms with Gasteiger partial charge in [-0.25, -0.2) is 0 Å². The summed E-state index contributed by atoms with van der Waals surface area (Å²) in [5, 5.41) is 0.987. The lowest BCUT2D eigenvalue weighted by Crippen LogP contribution is -2.37. The molecule has 1 heterocycles. The summed E-state index contributed by atoms with van der Waals surface area (Å²) < 4.78 is 6.95. The molecule has 2 rings (SSSR count). The Labute approximate surface area is 112 Å². The molecule has 0 spiro atoms. The molecule has 19 heavy (non-hydrogen) atoms. The number of benzene rings is 1. The fraction of sp³-hybridized carbons (Fsp3) is 0.400. The van der Waals surface area contributed by atoms with Crippen molar-refractivity contribution in [2.45, 2.75) is 25.8 Å². The van der Waals surface area contributed by atoms with Gasteiger partial charge in [-0.1, -0.05) is 12.1 Å². The lowest BCUT2D eigenvalue weighted by Gasteiger charge is -2.19. The van der Waals surface area contributed by atoms with Gasteiger partial charge in [-0.05, 0) is 32.4 Å². The van der Waals surface area contributed by atoms with Crippen molar-refractivity contribution in [3.05, 3.63) is 40.2 Å². The van der Waals surface area contributed by atoms with E-state index in [4.69, 9.17) is 10.5 Å². The zero-order valence-corrected chi connectivity index (χ0v) is 11.9. The highest BCUT2D eigenvalue weighted by molar-refractivity contribution is 5.85. The number of ether oxygens (including phenoxy) is 1. The van der Waals surface area contributed by atoms with E-state index >= 15 is 0 Å². The van der Waals surface area contributed by atoms with Gasteiger partial charge in [0.15, 0.2) is 0 Å². The van der Waals surface area contributed by atoms with Crippen molar-refractivity contribution in [1.82, 2.24) is 4.57 Å². The molecule has 0 bridgehead atoms. The number of methoxy groups -OCH3 is 1. The summed E-state index contributed by atoms with van der Waals surface area (Å²) in [6, 6.07) is 7.66. The van der Waals surface area contributed by atoms with E-state index in [0.717, 1.165) is 16.5 Å². The normalized spacial score (nSPS) is 11.8. The van der Waals surface area contributed by atoms with Gasteiger partial charge in [-0.3, -0.25) is 4.79 Å². The third kappa shape index (κ3) is 2.63. The number of nitrogens with two attached hydrogens (primary N) is 1. The number of fused-ring (bicyclic) bond motifs is 1. The zero-order chi connectivity index (χ0) is 14.2. The van der Waals surface area contributed by atoms with E-state index < -0.39 is 5.54 Å². The summed E-state index contributed by atoms with van der Waals surface area (Å²) in [5.74, 6) is 0.704. The molecule has 0 aliphatic heterocycles. The van der Waals surface area contributed by atoms with Crippen molar-refractivity contribution in [2.24, 2.45) is 12.8 Å². The Hall–Kier alpha value is -1.81. The third-order valence-electron chi connectivity index (χ3n) is 3.14. The molecule has 1 aromatic heterocycles. The highest BCUT2D eigenvalue weighted by atomic mass is 16.5. The van der Waals surface area contributed by atoms with Crippen LogP contribution in [-0.2, 0) is 13.5 Å². The van der Waals surface area contributed by atoms with E-state index in [1.54, 1.807) is 18.7 Å². The topological polar surface area (TPSA) is 57.2 Å². The van der Waals surface area contributed by atoms with Gasteiger partial charge in [0, 0.05) is 23.5 Å². The van der Waals surface area contributed by atoms with E-state index in [0.29, 0.717) is 12.2 Å². The van der Waals surface area contributed by atoms with Crippen LogP contribution in [0.25, 0.3) is 10.9 Å². The largest absolute Gasteiger partial charge is 0.495 e. The van der Waals surface area contributed by atoms with Gasteiger partial charge < -0.3 is 15.0 Å². The second-order valence-electron chi connectivity index (χ2n) is 5.60. The number of nitrogens with zero attached hydrogens (tertiary/aromatic N) is 1. The Morgan fingerprint density at radius 1 is 1.37 bits per heavy atom. The van der Waals surface area contributed by atoms with Crippen LogP contribution in [-0.4, -0.2) is 17.2 Å². The molecule has 2 aromatic rings. The molecule has 0 radical (unpaired) electrons. The maximum atomic E-state index is 12.4. The van der Waals surface area contributed by atoms with E-state index in [-0.39, 0.29) is 5.56 Å². The predicted octanol–water partition coefficient (Wildman–Crippen LogP) is 1.83. The molecule has 0 fully saturated rings. The Morgan fingerprint density at radius 2 is 2.05 bits per heavy atom. The number of para-hydroxylation sites is 1. The standard InChI is InChI=1S/C15H20N2O2/c1-15(2,16)9-11-8-10-6-5-7-12(19-4)13(10)17(3)14(11)18/h5-8H,9,16H2,1-4H3. The molecular formula is C15H20N2O2. The van der Waals surface area contributed by atoms with E-state index in [2.05, 4.69) is 0 Å². The Bertz CT molecular complexity index is 666. The summed E-state index contributed by atoms with van der Waals surface area (Å²) in [6.07, 6.45) is 0.548. The number of rotatable bonds is 3. The highest BCUT2D eigenvalue weighted by Crippen LogP contribution is 2.24. The van der Waals surface area contributed by atoms with Crippen LogP contribution in [0.1, 0.15) is 19.4 Å². The predicted molar refractivity (Wildman–Crippen MR) is 77.7 cm³/mol. The molecule has 0 atom stereocenters. The van der Waals surface area contributed by atoms with Gasteiger partial charge >= 0.3 is 0 Å². The summed E-state index contributed by atoms with van der Waals surface area (Å²) in [4.78, 5) is 12.4. The molecule has 0 amide bonds. The van der Waals surface area contributed by atoms with Crippen molar-refractivity contribution in [3.63, 3.8) is 0 Å². The monoisotopic (exact) mass is 260 g/mol. The van der Waals surface area contributed by atoms with Crippen LogP contribution in [0.15, 0.2) is 29.1 Å². The highest BCUT2D eigenvalue weighted by Gasteiger charge is 2.17. The van der Waals surface area contributed by atoms with Crippen molar-refractivity contribution in [1.29, 1.82) is 0 Å². The van der Waals surface area contributed by atoms with Crippen LogP contribution < -0.4 is 16.0 Å². The molecule has 0 aliphatic rings. The van der Waals surface area contributed by atoms with Crippen LogP contribution in [0.4, 0.5) is 0 Å². The van der Waals surface area contributed by atoms with E-state index in [9.17, 15) is 4.79 Å². The van der Waals surface area contributed by atoms with Gasteiger partial charge in [0.05, 0.1) is 12.6 Å². The van der Waals surface area contributed by atoms with Crippen molar-refractivity contribution in [2.75, 3.05) is 7.11 Å². The fourth-order valence-electron chi connectivity index (χ4n) is 2.36. The second kappa shape index (κ2) is 4.70. The minimum Gasteiger partial charge on any atom is -0.495 e. The van der Waals surface area contributed by atoms with Crippen molar-refractivity contribution >= 4 is 10.9 Å². The summed E-state index contributed by atoms with van der Waals surface area (Å²) in [5.41, 5.74) is 7.14. The lowest BCUT2D eigenvalue weighted by molar-refractivity contribution is 0.417. The number of pyridine rings is 1. The number of hydrogen-bond donors (Lipinski definition) is 1. The molecule has 4 nitrogen and oxygen atoms in total. The van der Waals surface area contributed by atoms with Crippen molar-refractivity contribution < 1.29 is 4.74 Å². The minimum atomic E-state index is -0.404. The van der Waals surface area contributed by atoms with Crippen LogP contribution in [0.2, 0.25) is 0 Å². The van der Waals surface area contributed by atoms with Crippen LogP contribution in [0.3, 0.4) is 0 Å². The second-order valence-corrected chi connectivity index (χ2v) is 5.60. The van der Waals surface area contributed by atoms with Gasteiger partial charge in [0.1, 0.15) is 5.75 Å². The van der Waals surface area contributed by atoms with E-state index in [1.165, 1.54) is 0 Å². The first-order valence-electron chi connectivity index (χ1n) is 6.28. The zero-order valence-electron chi connectivity index (χ0n) is 11.9. The molecule has 0 saturated carbocycles. The third-order valence-corrected chi connectivity index (χ3v) is 3.14. The summed E-state index contributed by atoms with van der Waals surface area (Å²) >= 11 is 0. The molecule has 0 aliphatic carbocycles. The Balaban J connectivity index is 2.72. The SMILES string of the molecule is COc1cccc2cc(CC(C)(C)N)c(=O)n(C)c12. The molecular weight excluding hydrogens is 240 g/mol. The molecule has 2 N–H and O–H groups in total. The van der Waals surface area contributed by atoms with Crippen LogP contribution in [0, 0.1) is 0 Å². The maximum absolute atomic E-state index is 12.4. The summed E-state index contributed by atoms with van der Waals surface area (Å²) in [7, 11) is 3.37. The number of aryl methyl sites for hydroxylation is 1. The van der Waals surface area contributed by atoms with Crippen molar-refractivity contribution in [3.8, 4) is 5.75 Å². The van der Waals surface area contributed by atoms with Gasteiger partial charge in [0.2, 0.25) is 0 Å². The van der Waals surface area contributed by atoms with Crippen LogP contribution in [0.5, 0.6) is 5.75 Å². The fourth-order valence-corrected chi connectivity index (χ4v) is 2.36. The lowest BCUT2D eigenvalue weighted by atomic mass is 9.96. The Kier molecular flexibility index (Phi) is 3.37. The molecule has 0 saturated heterocycles. The molecule has 1 aromatic carbocycles. The van der Waals surface area contributed by atoms with Crippen LogP contribution >= 0.6 is 0 Å². The first-order chi connectivity index (χ1) is 8.83.